The van der Waals surface area contributed by atoms with Crippen LogP contribution in [0.25, 0.3) is 11.0 Å². The van der Waals surface area contributed by atoms with Gasteiger partial charge in [0.15, 0.2) is 5.65 Å². The molecule has 1 aliphatic carbocycles. The molecule has 2 aromatic rings. The monoisotopic (exact) mass is 260 g/mol. The Labute approximate surface area is 109 Å². The quantitative estimate of drug-likeness (QED) is 0.854. The molecular formula is C13H16N4O2. The van der Waals surface area contributed by atoms with Crippen molar-refractivity contribution in [3.8, 4) is 0 Å². The van der Waals surface area contributed by atoms with Crippen molar-refractivity contribution in [1.29, 1.82) is 0 Å². The van der Waals surface area contributed by atoms with E-state index in [0.717, 1.165) is 28.7 Å². The fourth-order valence-electron chi connectivity index (χ4n) is 2.24. The third-order valence-electron chi connectivity index (χ3n) is 3.58. The van der Waals surface area contributed by atoms with Crippen molar-refractivity contribution >= 4 is 16.7 Å². The van der Waals surface area contributed by atoms with E-state index in [1.54, 1.807) is 13.2 Å². The molecule has 1 N–H and O–H groups in total. The average molecular weight is 260 g/mol. The molecule has 0 aliphatic heterocycles. The van der Waals surface area contributed by atoms with E-state index >= 15 is 0 Å². The molecule has 1 fully saturated rings. The normalized spacial score (nSPS) is 14.9. The van der Waals surface area contributed by atoms with E-state index in [9.17, 15) is 9.59 Å². The maximum Gasteiger partial charge on any atom is 0.332 e. The van der Waals surface area contributed by atoms with Gasteiger partial charge in [0.2, 0.25) is 0 Å². The molecule has 2 heterocycles. The highest BCUT2D eigenvalue weighted by atomic mass is 16.2. The molecule has 3 rings (SSSR count). The van der Waals surface area contributed by atoms with Crippen LogP contribution in [0.3, 0.4) is 0 Å². The summed E-state index contributed by atoms with van der Waals surface area (Å²) in [5.41, 5.74) is 1.52. The van der Waals surface area contributed by atoms with Gasteiger partial charge in [-0.25, -0.2) is 9.78 Å². The number of pyridine rings is 1. The molecule has 6 heteroatoms. The second-order valence-corrected chi connectivity index (χ2v) is 5.14. The highest BCUT2D eigenvalue weighted by Crippen LogP contribution is 2.29. The van der Waals surface area contributed by atoms with Crippen LogP contribution >= 0.6 is 0 Å². The lowest BCUT2D eigenvalue weighted by molar-refractivity contribution is 0.707. The summed E-state index contributed by atoms with van der Waals surface area (Å²) in [4.78, 5) is 28.5. The van der Waals surface area contributed by atoms with E-state index < -0.39 is 0 Å². The van der Waals surface area contributed by atoms with Crippen molar-refractivity contribution in [2.45, 2.75) is 25.8 Å². The number of hydrogen-bond donors (Lipinski definition) is 1. The first-order valence-corrected chi connectivity index (χ1v) is 6.32. The predicted molar refractivity (Wildman–Crippen MR) is 73.6 cm³/mol. The van der Waals surface area contributed by atoms with Gasteiger partial charge in [0.25, 0.3) is 5.56 Å². The molecule has 0 radical (unpaired) electrons. The Kier molecular flexibility index (Phi) is 2.48. The van der Waals surface area contributed by atoms with E-state index in [4.69, 9.17) is 0 Å². The Bertz CT molecular complexity index is 784. The zero-order valence-electron chi connectivity index (χ0n) is 11.2. The highest BCUT2D eigenvalue weighted by molar-refractivity contribution is 5.90. The summed E-state index contributed by atoms with van der Waals surface area (Å²) < 4.78 is 2.54. The highest BCUT2D eigenvalue weighted by Gasteiger charge is 2.24. The standard InChI is InChI=1S/C13H16N4O2/c1-7-6-14-11-9(10(7)15-8-4-5-8)12(18)17(3)13(19)16(11)2/h6,8H,4-5H2,1-3H3,(H,14,15). The van der Waals surface area contributed by atoms with Crippen LogP contribution in [0.5, 0.6) is 0 Å². The lowest BCUT2D eigenvalue weighted by Crippen LogP contribution is -2.37. The molecule has 100 valence electrons. The Hall–Kier alpha value is -2.11. The van der Waals surface area contributed by atoms with E-state index in [1.807, 2.05) is 6.92 Å². The molecule has 1 aliphatic rings. The summed E-state index contributed by atoms with van der Waals surface area (Å²) in [7, 11) is 3.13. The second kappa shape index (κ2) is 3.94. The third-order valence-corrected chi connectivity index (χ3v) is 3.58. The van der Waals surface area contributed by atoms with Crippen molar-refractivity contribution < 1.29 is 0 Å². The van der Waals surface area contributed by atoms with Crippen LogP contribution in [0.1, 0.15) is 18.4 Å². The molecule has 2 aromatic heterocycles. The number of nitrogens with one attached hydrogen (secondary N) is 1. The van der Waals surface area contributed by atoms with E-state index in [2.05, 4.69) is 10.3 Å². The zero-order valence-corrected chi connectivity index (χ0v) is 11.2. The van der Waals surface area contributed by atoms with Crippen molar-refractivity contribution in [3.05, 3.63) is 32.6 Å². The summed E-state index contributed by atoms with van der Waals surface area (Å²) in [6.45, 7) is 1.92. The molecule has 1 saturated carbocycles. The minimum atomic E-state index is -0.355. The maximum atomic E-state index is 12.3. The van der Waals surface area contributed by atoms with Gasteiger partial charge in [-0.15, -0.1) is 0 Å². The van der Waals surface area contributed by atoms with Crippen LogP contribution in [0.15, 0.2) is 15.8 Å². The molecule has 0 unspecified atom stereocenters. The first-order chi connectivity index (χ1) is 9.00. The number of fused-ring (bicyclic) bond motifs is 1. The Morgan fingerprint density at radius 2 is 1.95 bits per heavy atom. The number of aromatic nitrogens is 3. The topological polar surface area (TPSA) is 68.9 Å². The van der Waals surface area contributed by atoms with Crippen LogP contribution in [-0.4, -0.2) is 20.2 Å². The van der Waals surface area contributed by atoms with Gasteiger partial charge in [0.1, 0.15) is 5.39 Å². The maximum absolute atomic E-state index is 12.3. The zero-order chi connectivity index (χ0) is 13.7. The van der Waals surface area contributed by atoms with E-state index in [0.29, 0.717) is 17.1 Å². The van der Waals surface area contributed by atoms with Gasteiger partial charge in [-0.1, -0.05) is 0 Å². The largest absolute Gasteiger partial charge is 0.381 e. The van der Waals surface area contributed by atoms with Gasteiger partial charge in [-0.2, -0.15) is 0 Å². The van der Waals surface area contributed by atoms with Gasteiger partial charge in [0.05, 0.1) is 5.69 Å². The van der Waals surface area contributed by atoms with Crippen LogP contribution in [0.4, 0.5) is 5.69 Å². The summed E-state index contributed by atoms with van der Waals surface area (Å²) in [6, 6.07) is 0.436. The fraction of sp³-hybridized carbons (Fsp3) is 0.462. The predicted octanol–water partition coefficient (Wildman–Crippen LogP) is 0.515. The molecular weight excluding hydrogens is 244 g/mol. The lowest BCUT2D eigenvalue weighted by Gasteiger charge is -2.13. The second-order valence-electron chi connectivity index (χ2n) is 5.14. The van der Waals surface area contributed by atoms with E-state index in [-0.39, 0.29) is 11.2 Å². The average Bonchev–Trinajstić information content (AvgIpc) is 3.20. The fourth-order valence-corrected chi connectivity index (χ4v) is 2.24. The summed E-state index contributed by atoms with van der Waals surface area (Å²) in [5, 5.41) is 3.87. The van der Waals surface area contributed by atoms with Gasteiger partial charge < -0.3 is 5.32 Å². The summed E-state index contributed by atoms with van der Waals surface area (Å²) >= 11 is 0. The van der Waals surface area contributed by atoms with Gasteiger partial charge in [0, 0.05) is 26.3 Å². The number of rotatable bonds is 2. The molecule has 0 bridgehead atoms. The van der Waals surface area contributed by atoms with Gasteiger partial charge in [-0.3, -0.25) is 13.9 Å². The van der Waals surface area contributed by atoms with Gasteiger partial charge >= 0.3 is 5.69 Å². The van der Waals surface area contributed by atoms with E-state index in [1.165, 1.54) is 11.6 Å². The molecule has 19 heavy (non-hydrogen) atoms. The Balaban J connectivity index is 2.44. The lowest BCUT2D eigenvalue weighted by atomic mass is 10.2. The van der Waals surface area contributed by atoms with Gasteiger partial charge in [-0.05, 0) is 25.3 Å². The van der Waals surface area contributed by atoms with Crippen molar-refractivity contribution in [2.75, 3.05) is 5.32 Å². The Morgan fingerprint density at radius 3 is 2.58 bits per heavy atom. The number of anilines is 1. The molecule has 0 spiro atoms. The Morgan fingerprint density at radius 1 is 1.26 bits per heavy atom. The molecule has 0 amide bonds. The van der Waals surface area contributed by atoms with Crippen LogP contribution in [0.2, 0.25) is 0 Å². The van der Waals surface area contributed by atoms with Crippen molar-refractivity contribution in [1.82, 2.24) is 14.1 Å². The number of aryl methyl sites for hydroxylation is 2. The van der Waals surface area contributed by atoms with Crippen molar-refractivity contribution in [2.24, 2.45) is 14.1 Å². The summed E-state index contributed by atoms with van der Waals surface area (Å²) in [5.74, 6) is 0. The smallest absolute Gasteiger partial charge is 0.332 e. The SMILES string of the molecule is Cc1cnc2c(c1NC1CC1)c(=O)n(C)c(=O)n2C. The van der Waals surface area contributed by atoms with Crippen LogP contribution in [0, 0.1) is 6.92 Å². The number of nitrogens with zero attached hydrogens (tertiary/aromatic N) is 3. The molecule has 6 nitrogen and oxygen atoms in total. The van der Waals surface area contributed by atoms with Crippen LogP contribution in [-0.2, 0) is 14.1 Å². The first-order valence-electron chi connectivity index (χ1n) is 6.32. The van der Waals surface area contributed by atoms with Crippen molar-refractivity contribution in [3.63, 3.8) is 0 Å². The third kappa shape index (κ3) is 1.75. The minimum absolute atomic E-state index is 0.294. The first kappa shape index (κ1) is 12.0. The minimum Gasteiger partial charge on any atom is -0.381 e. The number of hydrogen-bond acceptors (Lipinski definition) is 4. The molecule has 0 saturated heterocycles. The molecule has 0 aromatic carbocycles. The molecule has 0 atom stereocenters. The van der Waals surface area contributed by atoms with Crippen LogP contribution < -0.4 is 16.6 Å². The summed E-state index contributed by atoms with van der Waals surface area (Å²) in [6.07, 6.45) is 3.94.